The molecular weight excluding hydrogens is 498 g/mol. The molecule has 2 heterocycles. The van der Waals surface area contributed by atoms with Crippen LogP contribution in [0, 0.1) is 11.3 Å². The van der Waals surface area contributed by atoms with Crippen molar-refractivity contribution in [3.8, 4) is 0 Å². The van der Waals surface area contributed by atoms with Crippen molar-refractivity contribution in [3.05, 3.63) is 53.6 Å². The van der Waals surface area contributed by atoms with Gasteiger partial charge in [0.05, 0.1) is 22.9 Å². The highest BCUT2D eigenvalue weighted by Gasteiger charge is 2.49. The molecular formula is C26H32F6N4O. The number of benzene rings is 1. The van der Waals surface area contributed by atoms with Gasteiger partial charge in [0.25, 0.3) is 0 Å². The fourth-order valence-electron chi connectivity index (χ4n) is 5.87. The van der Waals surface area contributed by atoms with Crippen LogP contribution in [0.3, 0.4) is 0 Å². The zero-order valence-electron chi connectivity index (χ0n) is 20.9. The Morgan fingerprint density at radius 2 is 1.65 bits per heavy atom. The highest BCUT2D eigenvalue weighted by Crippen LogP contribution is 2.47. The molecule has 1 aliphatic carbocycles. The van der Waals surface area contributed by atoms with Crippen LogP contribution in [0.2, 0.25) is 0 Å². The number of carbonyl (C=O) groups is 1. The van der Waals surface area contributed by atoms with Gasteiger partial charge in [-0.1, -0.05) is 13.8 Å². The van der Waals surface area contributed by atoms with E-state index < -0.39 is 35.4 Å². The zero-order valence-corrected chi connectivity index (χ0v) is 20.9. The van der Waals surface area contributed by atoms with Gasteiger partial charge in [-0.2, -0.15) is 26.3 Å². The number of hydrogen-bond acceptors (Lipinski definition) is 3. The Kier molecular flexibility index (Phi) is 7.65. The van der Waals surface area contributed by atoms with Crippen LogP contribution in [-0.2, 0) is 23.7 Å². The lowest BCUT2D eigenvalue weighted by Gasteiger charge is -2.38. The standard InChI is InChI=1S/C26H32F6N4O/c1-17(2)24(6-3-22(14-24)35-8-4-21(5-9-35)36-10-7-33-16-36)23(37)34-15-18-11-19(25(27,28)29)13-20(12-18)26(30,31)32/h7,10-13,16-17,21-22H,3-6,8-9,14-15H2,1-2H3,(H,34,37)/t22-,24+/m1/s1. The Hall–Kier alpha value is -2.56. The Labute approximate surface area is 212 Å². The Morgan fingerprint density at radius 3 is 2.16 bits per heavy atom. The number of piperidine rings is 1. The van der Waals surface area contributed by atoms with Crippen LogP contribution < -0.4 is 5.32 Å². The number of likely N-dealkylation sites (tertiary alicyclic amines) is 1. The van der Waals surface area contributed by atoms with E-state index in [0.29, 0.717) is 31.0 Å². The van der Waals surface area contributed by atoms with E-state index >= 15 is 0 Å². The molecule has 1 aliphatic heterocycles. The number of carbonyl (C=O) groups excluding carboxylic acids is 1. The van der Waals surface area contributed by atoms with E-state index in [4.69, 9.17) is 0 Å². The summed E-state index contributed by atoms with van der Waals surface area (Å²) in [6.07, 6.45) is -0.285. The summed E-state index contributed by atoms with van der Waals surface area (Å²) < 4.78 is 81.4. The normalized spacial score (nSPS) is 24.1. The first-order chi connectivity index (χ1) is 17.3. The first-order valence-corrected chi connectivity index (χ1v) is 12.6. The second-order valence-electron chi connectivity index (χ2n) is 10.6. The molecule has 1 aromatic carbocycles. The predicted molar refractivity (Wildman–Crippen MR) is 125 cm³/mol. The van der Waals surface area contributed by atoms with Gasteiger partial charge in [0.1, 0.15) is 0 Å². The van der Waals surface area contributed by atoms with Gasteiger partial charge in [0.2, 0.25) is 5.91 Å². The van der Waals surface area contributed by atoms with E-state index in [1.807, 2.05) is 26.4 Å². The van der Waals surface area contributed by atoms with Crippen molar-refractivity contribution >= 4 is 5.91 Å². The average molecular weight is 531 g/mol. The van der Waals surface area contributed by atoms with E-state index in [1.54, 1.807) is 6.20 Å². The molecule has 2 fully saturated rings. The Bertz CT molecular complexity index is 1040. The molecule has 5 nitrogen and oxygen atoms in total. The number of nitrogens with one attached hydrogen (secondary N) is 1. The maximum atomic E-state index is 13.4. The molecule has 1 saturated heterocycles. The summed E-state index contributed by atoms with van der Waals surface area (Å²) in [6.45, 7) is 5.28. The molecule has 4 rings (SSSR count). The van der Waals surface area contributed by atoms with Crippen LogP contribution >= 0.6 is 0 Å². The van der Waals surface area contributed by atoms with Gasteiger partial charge in [0, 0.05) is 44.1 Å². The van der Waals surface area contributed by atoms with E-state index in [0.717, 1.165) is 32.4 Å². The van der Waals surface area contributed by atoms with Crippen molar-refractivity contribution in [1.82, 2.24) is 19.8 Å². The average Bonchev–Trinajstić information content (AvgIpc) is 3.53. The second-order valence-corrected chi connectivity index (χ2v) is 10.6. The third-order valence-corrected chi connectivity index (χ3v) is 8.14. The topological polar surface area (TPSA) is 50.2 Å². The van der Waals surface area contributed by atoms with Gasteiger partial charge in [-0.15, -0.1) is 0 Å². The van der Waals surface area contributed by atoms with Crippen molar-refractivity contribution < 1.29 is 31.1 Å². The van der Waals surface area contributed by atoms with E-state index in [1.165, 1.54) is 0 Å². The van der Waals surface area contributed by atoms with Crippen LogP contribution in [0.15, 0.2) is 36.9 Å². The minimum atomic E-state index is -4.93. The molecule has 0 spiro atoms. The number of aromatic nitrogens is 2. The minimum Gasteiger partial charge on any atom is -0.352 e. The lowest BCUT2D eigenvalue weighted by Crippen LogP contribution is -2.45. The summed E-state index contributed by atoms with van der Waals surface area (Å²) in [4.78, 5) is 19.9. The summed E-state index contributed by atoms with van der Waals surface area (Å²) in [7, 11) is 0. The third-order valence-electron chi connectivity index (χ3n) is 8.14. The van der Waals surface area contributed by atoms with Crippen LogP contribution in [0.25, 0.3) is 0 Å². The van der Waals surface area contributed by atoms with Gasteiger partial charge >= 0.3 is 12.4 Å². The van der Waals surface area contributed by atoms with Gasteiger partial charge in [-0.3, -0.25) is 4.79 Å². The van der Waals surface area contributed by atoms with Crippen LogP contribution in [0.4, 0.5) is 26.3 Å². The second kappa shape index (κ2) is 10.3. The number of halogens is 6. The van der Waals surface area contributed by atoms with E-state index in [-0.39, 0.29) is 29.5 Å². The molecule has 1 amide bonds. The molecule has 37 heavy (non-hydrogen) atoms. The lowest BCUT2D eigenvalue weighted by atomic mass is 9.74. The molecule has 1 N–H and O–H groups in total. The molecule has 11 heteroatoms. The maximum absolute atomic E-state index is 13.4. The molecule has 1 aromatic heterocycles. The smallest absolute Gasteiger partial charge is 0.352 e. The van der Waals surface area contributed by atoms with Crippen LogP contribution in [0.5, 0.6) is 0 Å². The van der Waals surface area contributed by atoms with Crippen LogP contribution in [0.1, 0.15) is 68.7 Å². The Balaban J connectivity index is 1.43. The summed E-state index contributed by atoms with van der Waals surface area (Å²) in [6, 6.07) is 2.03. The number of alkyl halides is 6. The Morgan fingerprint density at radius 1 is 1.03 bits per heavy atom. The molecule has 0 bridgehead atoms. The van der Waals surface area contributed by atoms with Gasteiger partial charge in [-0.05, 0) is 61.8 Å². The van der Waals surface area contributed by atoms with E-state index in [9.17, 15) is 31.1 Å². The summed E-state index contributed by atoms with van der Waals surface area (Å²) in [5.41, 5.74) is -3.72. The van der Waals surface area contributed by atoms with Crippen molar-refractivity contribution in [2.75, 3.05) is 13.1 Å². The third kappa shape index (κ3) is 5.97. The number of hydrogen-bond donors (Lipinski definition) is 1. The van der Waals surface area contributed by atoms with Gasteiger partial charge in [-0.25, -0.2) is 4.98 Å². The van der Waals surface area contributed by atoms with Crippen molar-refractivity contribution in [1.29, 1.82) is 0 Å². The molecule has 2 aromatic rings. The highest BCUT2D eigenvalue weighted by atomic mass is 19.4. The monoisotopic (exact) mass is 530 g/mol. The lowest BCUT2D eigenvalue weighted by molar-refractivity contribution is -0.143. The van der Waals surface area contributed by atoms with Crippen molar-refractivity contribution in [2.45, 2.75) is 76.9 Å². The number of amides is 1. The van der Waals surface area contributed by atoms with E-state index in [2.05, 4.69) is 19.8 Å². The minimum absolute atomic E-state index is 0.0340. The van der Waals surface area contributed by atoms with Crippen molar-refractivity contribution in [2.24, 2.45) is 11.3 Å². The molecule has 2 aliphatic rings. The summed E-state index contributed by atoms with van der Waals surface area (Å²) in [5, 5.41) is 2.67. The van der Waals surface area contributed by atoms with Crippen molar-refractivity contribution in [3.63, 3.8) is 0 Å². The molecule has 2 atom stereocenters. The quantitative estimate of drug-likeness (QED) is 0.462. The molecule has 0 radical (unpaired) electrons. The molecule has 0 unspecified atom stereocenters. The first kappa shape index (κ1) is 27.5. The number of nitrogens with zero attached hydrogens (tertiary/aromatic N) is 3. The zero-order chi connectivity index (χ0) is 27.0. The number of imidazole rings is 1. The van der Waals surface area contributed by atoms with Gasteiger partial charge in [0.15, 0.2) is 0 Å². The maximum Gasteiger partial charge on any atom is 0.416 e. The first-order valence-electron chi connectivity index (χ1n) is 12.6. The largest absolute Gasteiger partial charge is 0.416 e. The number of rotatable bonds is 6. The predicted octanol–water partition coefficient (Wildman–Crippen LogP) is 6.07. The molecule has 1 saturated carbocycles. The van der Waals surface area contributed by atoms with Gasteiger partial charge < -0.3 is 14.8 Å². The fraction of sp³-hybridized carbons (Fsp3) is 0.615. The highest BCUT2D eigenvalue weighted by molar-refractivity contribution is 5.83. The fourth-order valence-corrected chi connectivity index (χ4v) is 5.87. The molecule has 204 valence electrons. The summed E-state index contributed by atoms with van der Waals surface area (Å²) in [5.74, 6) is -0.350. The SMILES string of the molecule is CC(C)[C@]1(C(=O)NCc2cc(C(F)(F)F)cc(C(F)(F)F)c2)CC[C@@H](N2CCC(n3ccnc3)CC2)C1. The summed E-state index contributed by atoms with van der Waals surface area (Å²) >= 11 is 0. The van der Waals surface area contributed by atoms with Crippen LogP contribution in [-0.4, -0.2) is 39.5 Å².